The number of pyridine rings is 2. The van der Waals surface area contributed by atoms with E-state index < -0.39 is 43.6 Å². The number of benzene rings is 1. The molecule has 3 aromatic rings. The van der Waals surface area contributed by atoms with Crippen LogP contribution in [0.5, 0.6) is 5.75 Å². The Hall–Kier alpha value is -3.80. The van der Waals surface area contributed by atoms with Gasteiger partial charge < -0.3 is 14.6 Å². The first-order valence-electron chi connectivity index (χ1n) is 11.4. The number of hydrogen-bond donors (Lipinski definition) is 2. The van der Waals surface area contributed by atoms with Crippen LogP contribution in [0.15, 0.2) is 52.3 Å². The van der Waals surface area contributed by atoms with Crippen molar-refractivity contribution in [2.24, 2.45) is 5.92 Å². The van der Waals surface area contributed by atoms with Gasteiger partial charge in [0.2, 0.25) is 0 Å². The van der Waals surface area contributed by atoms with Crippen LogP contribution >= 0.6 is 0 Å². The lowest BCUT2D eigenvalue weighted by Gasteiger charge is -2.36. The van der Waals surface area contributed by atoms with Gasteiger partial charge in [0, 0.05) is 29.9 Å². The molecule has 2 N–H and O–H groups in total. The summed E-state index contributed by atoms with van der Waals surface area (Å²) in [7, 11) is -3.20. The van der Waals surface area contributed by atoms with E-state index in [9.17, 15) is 26.8 Å². The number of hydrogen-bond acceptors (Lipinski definition) is 7. The zero-order chi connectivity index (χ0) is 27.1. The normalized spacial score (nSPS) is 17.0. The van der Waals surface area contributed by atoms with Crippen LogP contribution in [0.4, 0.5) is 14.6 Å². The summed E-state index contributed by atoms with van der Waals surface area (Å²) in [6.07, 6.45) is 2.05. The van der Waals surface area contributed by atoms with E-state index >= 15 is 0 Å². The number of anilines is 1. The van der Waals surface area contributed by atoms with Crippen molar-refractivity contribution < 1.29 is 26.7 Å². The van der Waals surface area contributed by atoms with Crippen LogP contribution in [0.3, 0.4) is 0 Å². The zero-order valence-electron chi connectivity index (χ0n) is 20.6. The summed E-state index contributed by atoms with van der Waals surface area (Å²) in [5, 5.41) is 0. The molecule has 0 aliphatic carbocycles. The molecule has 1 saturated heterocycles. The zero-order valence-corrected chi connectivity index (χ0v) is 21.4. The van der Waals surface area contributed by atoms with Gasteiger partial charge in [0.15, 0.2) is 16.5 Å². The maximum Gasteiger partial charge on any atom is 0.269 e. The van der Waals surface area contributed by atoms with E-state index in [1.807, 2.05) is 30.4 Å². The molecule has 0 saturated carbocycles. The van der Waals surface area contributed by atoms with Crippen LogP contribution in [0.2, 0.25) is 0 Å². The van der Waals surface area contributed by atoms with Crippen molar-refractivity contribution in [2.45, 2.75) is 37.6 Å². The minimum absolute atomic E-state index is 0.0366. The summed E-state index contributed by atoms with van der Waals surface area (Å²) in [6, 6.07) is 7.00. The topological polar surface area (TPSA) is 121 Å². The van der Waals surface area contributed by atoms with E-state index in [0.717, 1.165) is 24.6 Å². The molecular formula is C25H26F2N4O5S. The average Bonchev–Trinajstić information content (AvgIpc) is 3.11. The fourth-order valence-electron chi connectivity index (χ4n) is 4.34. The van der Waals surface area contributed by atoms with Crippen molar-refractivity contribution >= 4 is 21.7 Å². The van der Waals surface area contributed by atoms with Gasteiger partial charge in [-0.1, -0.05) is 6.92 Å². The summed E-state index contributed by atoms with van der Waals surface area (Å²) in [6.45, 7) is 6.51. The number of H-pyrrole nitrogens is 1. The molecule has 4 rings (SSSR count). The number of nitrogens with zero attached hydrogens (tertiary/aromatic N) is 2. The number of nitrogens with one attached hydrogen (secondary N) is 2. The molecule has 0 spiro atoms. The third kappa shape index (κ3) is 4.80. The smallest absolute Gasteiger partial charge is 0.269 e. The third-order valence-electron chi connectivity index (χ3n) is 6.88. The number of carbonyl (C=O) groups excluding carboxylic acids is 1. The second-order valence-corrected chi connectivity index (χ2v) is 11.0. The van der Waals surface area contributed by atoms with Crippen LogP contribution in [-0.2, 0) is 10.0 Å². The number of halogens is 2. The van der Waals surface area contributed by atoms with Gasteiger partial charge in [-0.15, -0.1) is 0 Å². The molecule has 1 fully saturated rings. The molecule has 12 heteroatoms. The Morgan fingerprint density at radius 1 is 1.22 bits per heavy atom. The first kappa shape index (κ1) is 26.3. The molecule has 0 radical (unpaired) electrons. The molecule has 1 aromatic carbocycles. The van der Waals surface area contributed by atoms with Gasteiger partial charge in [0.1, 0.15) is 11.6 Å². The van der Waals surface area contributed by atoms with Gasteiger partial charge in [-0.05, 0) is 56.5 Å². The van der Waals surface area contributed by atoms with Gasteiger partial charge in [0.25, 0.3) is 21.5 Å². The number of amides is 1. The molecule has 1 aliphatic rings. The van der Waals surface area contributed by atoms with E-state index in [4.69, 9.17) is 4.74 Å². The van der Waals surface area contributed by atoms with Crippen LogP contribution in [0, 0.1) is 17.6 Å². The van der Waals surface area contributed by atoms with Gasteiger partial charge in [-0.25, -0.2) is 26.9 Å². The lowest BCUT2D eigenvalue weighted by molar-refractivity contribution is 0.0981. The molecule has 1 atom stereocenters. The molecule has 1 amide bonds. The molecular weight excluding hydrogens is 506 g/mol. The van der Waals surface area contributed by atoms with Crippen molar-refractivity contribution in [1.29, 1.82) is 0 Å². The van der Waals surface area contributed by atoms with Gasteiger partial charge >= 0.3 is 0 Å². The highest BCUT2D eigenvalue weighted by Gasteiger charge is 2.41. The van der Waals surface area contributed by atoms with E-state index in [0.29, 0.717) is 6.54 Å². The minimum Gasteiger partial charge on any atom is -0.496 e. The van der Waals surface area contributed by atoms with E-state index in [1.54, 1.807) is 0 Å². The quantitative estimate of drug-likeness (QED) is 0.499. The number of methoxy groups -OCH3 is 1. The first-order valence-corrected chi connectivity index (χ1v) is 12.9. The predicted molar refractivity (Wildman–Crippen MR) is 133 cm³/mol. The standard InChI is InChI=1S/C25H26F2N4O5S/c1-14-9-11-31(25(14,2)3)22-15(23(32)30-37(34,35)21-6-5-10-28-24(21)33)7-8-19(29-22)16-12-17(26)18(27)13-20(16)36-4/h5-8,10,12-14H,9,11H2,1-4H3,(H,28,33)(H,30,32). The van der Waals surface area contributed by atoms with E-state index in [-0.39, 0.29) is 34.3 Å². The molecule has 1 aliphatic heterocycles. The maximum atomic E-state index is 14.1. The Bertz CT molecular complexity index is 1540. The van der Waals surface area contributed by atoms with Gasteiger partial charge in [-0.2, -0.15) is 0 Å². The summed E-state index contributed by atoms with van der Waals surface area (Å²) in [5.41, 5.74) is -1.06. The Labute approximate surface area is 212 Å². The second kappa shape index (κ2) is 9.58. The van der Waals surface area contributed by atoms with E-state index in [2.05, 4.69) is 9.97 Å². The number of aromatic nitrogens is 2. The summed E-state index contributed by atoms with van der Waals surface area (Å²) in [4.78, 5) is 33.4. The lowest BCUT2D eigenvalue weighted by Crippen LogP contribution is -2.44. The second-order valence-electron chi connectivity index (χ2n) is 9.33. The summed E-state index contributed by atoms with van der Waals surface area (Å²) < 4.78 is 60.7. The van der Waals surface area contributed by atoms with Gasteiger partial charge in [-0.3, -0.25) is 9.59 Å². The Morgan fingerprint density at radius 2 is 1.92 bits per heavy atom. The molecule has 3 heterocycles. The number of carbonyl (C=O) groups is 1. The predicted octanol–water partition coefficient (Wildman–Crippen LogP) is 3.47. The van der Waals surface area contributed by atoms with Crippen molar-refractivity contribution in [1.82, 2.24) is 14.7 Å². The summed E-state index contributed by atoms with van der Waals surface area (Å²) in [5.74, 6) is -2.78. The van der Waals surface area contributed by atoms with Gasteiger partial charge in [0.05, 0.1) is 18.4 Å². The molecule has 1 unspecified atom stereocenters. The molecule has 2 aromatic heterocycles. The maximum absolute atomic E-state index is 14.1. The number of aromatic amines is 1. The summed E-state index contributed by atoms with van der Waals surface area (Å²) >= 11 is 0. The SMILES string of the molecule is COc1cc(F)c(F)cc1-c1ccc(C(=O)NS(=O)(=O)c2ccc[nH]c2=O)c(N2CCC(C)C2(C)C)n1. The van der Waals surface area contributed by atoms with Crippen LogP contribution in [0.1, 0.15) is 37.6 Å². The van der Waals surface area contributed by atoms with Crippen LogP contribution in [-0.4, -0.2) is 43.5 Å². The van der Waals surface area contributed by atoms with Crippen LogP contribution < -0.4 is 19.9 Å². The fraction of sp³-hybridized carbons (Fsp3) is 0.320. The number of rotatable bonds is 6. The fourth-order valence-corrected chi connectivity index (χ4v) is 5.36. The number of ether oxygens (including phenoxy) is 1. The van der Waals surface area contributed by atoms with Crippen LogP contribution in [0.25, 0.3) is 11.3 Å². The first-order chi connectivity index (χ1) is 17.4. The van der Waals surface area contributed by atoms with Crippen molar-refractivity contribution in [3.8, 4) is 17.0 Å². The largest absolute Gasteiger partial charge is 0.496 e. The monoisotopic (exact) mass is 532 g/mol. The highest BCUT2D eigenvalue weighted by Crippen LogP contribution is 2.40. The highest BCUT2D eigenvalue weighted by molar-refractivity contribution is 7.90. The number of sulfonamides is 1. The van der Waals surface area contributed by atoms with Crippen molar-refractivity contribution in [3.05, 3.63) is 70.1 Å². The Morgan fingerprint density at radius 3 is 2.54 bits per heavy atom. The Balaban J connectivity index is 1.84. The van der Waals surface area contributed by atoms with E-state index in [1.165, 1.54) is 31.5 Å². The Kier molecular flexibility index (Phi) is 6.80. The van der Waals surface area contributed by atoms with Crippen molar-refractivity contribution in [2.75, 3.05) is 18.6 Å². The average molecular weight is 533 g/mol. The molecule has 196 valence electrons. The molecule has 37 heavy (non-hydrogen) atoms. The third-order valence-corrected chi connectivity index (χ3v) is 8.23. The molecule has 0 bridgehead atoms. The lowest BCUT2D eigenvalue weighted by atomic mass is 9.90. The molecule has 9 nitrogen and oxygen atoms in total. The highest BCUT2D eigenvalue weighted by atomic mass is 32.2. The minimum atomic E-state index is -4.50. The van der Waals surface area contributed by atoms with Crippen molar-refractivity contribution in [3.63, 3.8) is 0 Å².